The minimum Gasteiger partial charge on any atom is -0.508 e. The van der Waals surface area contributed by atoms with Crippen molar-refractivity contribution < 1.29 is 10.2 Å². The van der Waals surface area contributed by atoms with E-state index in [0.717, 1.165) is 36.8 Å². The Labute approximate surface area is 160 Å². The lowest BCUT2D eigenvalue weighted by Gasteiger charge is -2.15. The van der Waals surface area contributed by atoms with E-state index in [0.29, 0.717) is 16.6 Å². The van der Waals surface area contributed by atoms with Crippen LogP contribution in [0.2, 0.25) is 0 Å². The van der Waals surface area contributed by atoms with E-state index >= 15 is 0 Å². The van der Waals surface area contributed by atoms with E-state index in [1.807, 2.05) is 6.07 Å². The average Bonchev–Trinajstić information content (AvgIpc) is 3.52. The fourth-order valence-corrected chi connectivity index (χ4v) is 4.48. The molecule has 0 spiro atoms. The maximum Gasteiger partial charge on any atom is 0.122 e. The van der Waals surface area contributed by atoms with Gasteiger partial charge in [-0.1, -0.05) is 39.5 Å². The van der Waals surface area contributed by atoms with E-state index in [4.69, 9.17) is 0 Å². The molecule has 2 aliphatic rings. The number of hydrogen-bond donors (Lipinski definition) is 2. The van der Waals surface area contributed by atoms with Crippen molar-refractivity contribution in [2.75, 3.05) is 0 Å². The van der Waals surface area contributed by atoms with Crippen molar-refractivity contribution in [3.63, 3.8) is 0 Å². The molecule has 146 valence electrons. The van der Waals surface area contributed by atoms with Gasteiger partial charge in [-0.25, -0.2) is 0 Å². The molecule has 0 atom stereocenters. The second kappa shape index (κ2) is 8.23. The summed E-state index contributed by atoms with van der Waals surface area (Å²) in [5.41, 5.74) is 3.57. The third kappa shape index (κ3) is 5.41. The number of rotatable bonds is 12. The van der Waals surface area contributed by atoms with Crippen molar-refractivity contribution in [3.8, 4) is 11.5 Å². The Bertz CT molecular complexity index is 596. The topological polar surface area (TPSA) is 40.5 Å². The summed E-state index contributed by atoms with van der Waals surface area (Å²) in [4.78, 5) is 0. The van der Waals surface area contributed by atoms with Crippen molar-refractivity contribution in [2.45, 2.75) is 104 Å². The van der Waals surface area contributed by atoms with Crippen LogP contribution < -0.4 is 0 Å². The smallest absolute Gasteiger partial charge is 0.122 e. The van der Waals surface area contributed by atoms with E-state index in [2.05, 4.69) is 13.8 Å². The highest BCUT2D eigenvalue weighted by Gasteiger charge is 2.39. The van der Waals surface area contributed by atoms with Crippen LogP contribution in [0.15, 0.2) is 12.1 Å². The molecule has 0 saturated heterocycles. The van der Waals surface area contributed by atoms with Crippen LogP contribution in [-0.2, 0) is 12.8 Å². The van der Waals surface area contributed by atoms with Crippen LogP contribution in [0.1, 0.15) is 102 Å². The van der Waals surface area contributed by atoms with Gasteiger partial charge in [0.2, 0.25) is 0 Å². The van der Waals surface area contributed by atoms with E-state index in [1.165, 1.54) is 70.3 Å². The first-order valence-corrected chi connectivity index (χ1v) is 11.0. The lowest BCUT2D eigenvalue weighted by atomic mass is 9.92. The van der Waals surface area contributed by atoms with Gasteiger partial charge in [-0.05, 0) is 92.2 Å². The number of aromatic hydroxyl groups is 2. The predicted molar refractivity (Wildman–Crippen MR) is 109 cm³/mol. The fourth-order valence-electron chi connectivity index (χ4n) is 4.48. The van der Waals surface area contributed by atoms with Gasteiger partial charge in [0, 0.05) is 6.07 Å². The highest BCUT2D eigenvalue weighted by atomic mass is 16.3. The number of unbranched alkanes of at least 4 members (excludes halogenated alkanes) is 3. The lowest BCUT2D eigenvalue weighted by molar-refractivity contribution is 0.423. The summed E-state index contributed by atoms with van der Waals surface area (Å²) in [6, 6.07) is 3.40. The highest BCUT2D eigenvalue weighted by Crippen LogP contribution is 2.52. The molecule has 2 fully saturated rings. The van der Waals surface area contributed by atoms with Crippen LogP contribution in [0.25, 0.3) is 0 Å². The molecule has 1 aromatic carbocycles. The van der Waals surface area contributed by atoms with Gasteiger partial charge in [0.25, 0.3) is 0 Å². The van der Waals surface area contributed by atoms with Gasteiger partial charge in [-0.2, -0.15) is 0 Å². The first-order chi connectivity index (χ1) is 12.5. The van der Waals surface area contributed by atoms with Crippen molar-refractivity contribution in [3.05, 3.63) is 23.3 Å². The van der Waals surface area contributed by atoms with E-state index < -0.39 is 0 Å². The molecule has 0 amide bonds. The quantitative estimate of drug-likeness (QED) is 0.399. The fraction of sp³-hybridized carbons (Fsp3) is 0.750. The molecule has 2 aliphatic carbocycles. The SMILES string of the molecule is CCC1(CCCCc2cc(O)cc(O)c2CCCCCC2(C)CC2)CC1. The van der Waals surface area contributed by atoms with Gasteiger partial charge in [-0.3, -0.25) is 0 Å². The number of aryl methyl sites for hydroxylation is 1. The Hall–Kier alpha value is -1.18. The summed E-state index contributed by atoms with van der Waals surface area (Å²) < 4.78 is 0. The monoisotopic (exact) mass is 358 g/mol. The molecule has 0 radical (unpaired) electrons. The van der Waals surface area contributed by atoms with Gasteiger partial charge in [0.1, 0.15) is 11.5 Å². The van der Waals surface area contributed by atoms with Crippen molar-refractivity contribution in [2.24, 2.45) is 10.8 Å². The van der Waals surface area contributed by atoms with Crippen LogP contribution in [0.5, 0.6) is 11.5 Å². The Morgan fingerprint density at radius 3 is 2.19 bits per heavy atom. The van der Waals surface area contributed by atoms with Crippen molar-refractivity contribution >= 4 is 0 Å². The third-order valence-corrected chi connectivity index (χ3v) is 7.22. The van der Waals surface area contributed by atoms with Crippen molar-refractivity contribution in [1.82, 2.24) is 0 Å². The maximum atomic E-state index is 10.3. The Morgan fingerprint density at radius 2 is 1.54 bits per heavy atom. The highest BCUT2D eigenvalue weighted by molar-refractivity contribution is 5.45. The van der Waals surface area contributed by atoms with Gasteiger partial charge in [0.15, 0.2) is 0 Å². The average molecular weight is 359 g/mol. The summed E-state index contributed by atoms with van der Waals surface area (Å²) in [7, 11) is 0. The Morgan fingerprint density at radius 1 is 0.846 bits per heavy atom. The zero-order valence-corrected chi connectivity index (χ0v) is 16.9. The minimum absolute atomic E-state index is 0.204. The van der Waals surface area contributed by atoms with Crippen molar-refractivity contribution in [1.29, 1.82) is 0 Å². The predicted octanol–water partition coefficient (Wildman–Crippen LogP) is 6.90. The molecule has 0 aliphatic heterocycles. The van der Waals surface area contributed by atoms with Crippen LogP contribution >= 0.6 is 0 Å². The van der Waals surface area contributed by atoms with Gasteiger partial charge in [-0.15, -0.1) is 0 Å². The minimum atomic E-state index is 0.204. The summed E-state index contributed by atoms with van der Waals surface area (Å²) in [6.07, 6.45) is 17.7. The van der Waals surface area contributed by atoms with Crippen LogP contribution in [0, 0.1) is 10.8 Å². The summed E-state index contributed by atoms with van der Waals surface area (Å²) in [5.74, 6) is 0.497. The first kappa shape index (κ1) is 19.6. The number of phenols is 2. The van der Waals surface area contributed by atoms with Gasteiger partial charge in [0.05, 0.1) is 0 Å². The molecule has 0 bridgehead atoms. The maximum absolute atomic E-state index is 10.3. The molecule has 2 nitrogen and oxygen atoms in total. The molecule has 0 heterocycles. The molecular formula is C24H38O2. The standard InChI is InChI=1S/C24H38O2/c1-3-24(15-16-24)12-8-6-9-19-17-20(25)18-22(26)21(19)10-5-4-7-11-23(2)13-14-23/h17-18,25-26H,3-16H2,1-2H3. The van der Waals surface area contributed by atoms with E-state index in [-0.39, 0.29) is 5.75 Å². The largest absolute Gasteiger partial charge is 0.508 e. The van der Waals surface area contributed by atoms with Gasteiger partial charge < -0.3 is 10.2 Å². The Kier molecular flexibility index (Phi) is 6.20. The molecule has 1 aromatic rings. The lowest BCUT2D eigenvalue weighted by Crippen LogP contribution is -2.00. The van der Waals surface area contributed by atoms with Gasteiger partial charge >= 0.3 is 0 Å². The summed E-state index contributed by atoms with van der Waals surface area (Å²) >= 11 is 0. The zero-order chi connectivity index (χ0) is 18.6. The molecule has 2 saturated carbocycles. The molecule has 3 rings (SSSR count). The first-order valence-electron chi connectivity index (χ1n) is 11.0. The zero-order valence-electron chi connectivity index (χ0n) is 16.9. The number of phenolic OH excluding ortho intramolecular Hbond substituents is 2. The molecule has 0 aromatic heterocycles. The van der Waals surface area contributed by atoms with E-state index in [1.54, 1.807) is 0 Å². The van der Waals surface area contributed by atoms with Crippen LogP contribution in [-0.4, -0.2) is 10.2 Å². The third-order valence-electron chi connectivity index (χ3n) is 7.22. The second-order valence-corrected chi connectivity index (χ2v) is 9.53. The molecule has 0 unspecified atom stereocenters. The summed E-state index contributed by atoms with van der Waals surface area (Å²) in [5, 5.41) is 20.2. The summed E-state index contributed by atoms with van der Waals surface area (Å²) in [6.45, 7) is 4.73. The molecule has 26 heavy (non-hydrogen) atoms. The molecular weight excluding hydrogens is 320 g/mol. The molecule has 2 N–H and O–H groups in total. The second-order valence-electron chi connectivity index (χ2n) is 9.53. The van der Waals surface area contributed by atoms with E-state index in [9.17, 15) is 10.2 Å². The number of hydrogen-bond acceptors (Lipinski definition) is 2. The molecule has 2 heteroatoms. The van der Waals surface area contributed by atoms with Crippen LogP contribution in [0.4, 0.5) is 0 Å². The Balaban J connectivity index is 1.45. The number of benzene rings is 1. The van der Waals surface area contributed by atoms with Crippen LogP contribution in [0.3, 0.4) is 0 Å². The normalized spacial score (nSPS) is 19.5.